The third-order valence-electron chi connectivity index (χ3n) is 10.3. The summed E-state index contributed by atoms with van der Waals surface area (Å²) in [5, 5.41) is 10.6. The molecule has 2 aliphatic rings. The number of alkyl halides is 4. The van der Waals surface area contributed by atoms with Gasteiger partial charge in [0.1, 0.15) is 52.3 Å². The summed E-state index contributed by atoms with van der Waals surface area (Å²) in [6.07, 6.45) is -2.81. The van der Waals surface area contributed by atoms with Crippen molar-refractivity contribution < 1.29 is 49.0 Å². The van der Waals surface area contributed by atoms with Crippen molar-refractivity contribution in [3.8, 4) is 17.2 Å². The molecular weight excluding hydrogens is 834 g/mol. The average molecular weight is 865 g/mol. The average Bonchev–Trinajstić information content (AvgIpc) is 3.69. The highest BCUT2D eigenvalue weighted by atomic mass is 35.5. The Bertz CT molecular complexity index is 2900. The number of rotatable bonds is 12. The number of anilines is 1. The standard InChI is InChI=1S/C37H31ClF6N8O6S/c1-50-31-24(6-5-21(38)28(31)34(48-50)49-59(4,55)56)52-35(46-22-11-18(57-2)12-25(58-3)29(22)36(52)54)23(9-15-7-16(39)10-17(40)8-15)45-26(53)14-51-32-27(30(47-51)33(41)42)19-13-20(19)37(32,43)44/h5-8,10-12,19-20,23,33H,9,13-14H2,1-4H3,(H,45,53)(H,48,49)/t19-,20+,23-/m0/s1. The van der Waals surface area contributed by atoms with Crippen LogP contribution in [0.15, 0.2) is 47.3 Å². The number of hydrogen-bond acceptors (Lipinski definition) is 9. The molecule has 0 spiro atoms. The lowest BCUT2D eigenvalue weighted by atomic mass is 10.0. The molecule has 6 aromatic rings. The molecule has 0 radical (unpaired) electrons. The molecule has 3 atom stereocenters. The van der Waals surface area contributed by atoms with Crippen LogP contribution in [-0.4, -0.2) is 63.9 Å². The number of nitrogens with zero attached hydrogens (tertiary/aromatic N) is 6. The van der Waals surface area contributed by atoms with Gasteiger partial charge in [-0.3, -0.25) is 28.2 Å². The van der Waals surface area contributed by atoms with E-state index in [0.29, 0.717) is 10.7 Å². The van der Waals surface area contributed by atoms with Crippen LogP contribution in [0.5, 0.6) is 11.5 Å². The molecular formula is C37H31ClF6N8O6S. The molecule has 14 nitrogen and oxygen atoms in total. The quantitative estimate of drug-likeness (QED) is 0.140. The minimum atomic E-state index is -3.92. The van der Waals surface area contributed by atoms with Crippen molar-refractivity contribution in [3.63, 3.8) is 0 Å². The molecule has 310 valence electrons. The second-order valence-electron chi connectivity index (χ2n) is 14.3. The molecule has 1 amide bonds. The minimum absolute atomic E-state index is 0.000862. The highest BCUT2D eigenvalue weighted by Gasteiger charge is 2.67. The highest BCUT2D eigenvalue weighted by Crippen LogP contribution is 2.68. The molecule has 1 saturated carbocycles. The zero-order valence-corrected chi connectivity index (χ0v) is 32.7. The number of methoxy groups -OCH3 is 2. The highest BCUT2D eigenvalue weighted by molar-refractivity contribution is 7.92. The molecule has 59 heavy (non-hydrogen) atoms. The zero-order valence-electron chi connectivity index (χ0n) is 31.2. The third-order valence-corrected chi connectivity index (χ3v) is 11.2. The number of fused-ring (bicyclic) bond motifs is 5. The van der Waals surface area contributed by atoms with Gasteiger partial charge in [0, 0.05) is 43.1 Å². The van der Waals surface area contributed by atoms with Gasteiger partial charge in [0.15, 0.2) is 5.82 Å². The van der Waals surface area contributed by atoms with E-state index in [1.165, 1.54) is 50.2 Å². The predicted octanol–water partition coefficient (Wildman–Crippen LogP) is 6.04. The van der Waals surface area contributed by atoms with Gasteiger partial charge in [0.2, 0.25) is 15.9 Å². The van der Waals surface area contributed by atoms with Crippen LogP contribution in [0.4, 0.5) is 32.2 Å². The number of benzene rings is 3. The number of carbonyl (C=O) groups excluding carboxylic acids is 1. The van der Waals surface area contributed by atoms with Crippen LogP contribution in [0.2, 0.25) is 5.02 Å². The van der Waals surface area contributed by atoms with E-state index in [2.05, 4.69) is 20.2 Å². The van der Waals surface area contributed by atoms with Crippen LogP contribution in [0.25, 0.3) is 27.5 Å². The maximum atomic E-state index is 15.5. The van der Waals surface area contributed by atoms with E-state index in [4.69, 9.17) is 26.1 Å². The van der Waals surface area contributed by atoms with E-state index in [1.807, 2.05) is 0 Å². The van der Waals surface area contributed by atoms with Crippen LogP contribution in [-0.2, 0) is 40.8 Å². The Morgan fingerprint density at radius 3 is 2.41 bits per heavy atom. The first-order chi connectivity index (χ1) is 27.8. The van der Waals surface area contributed by atoms with E-state index in [0.717, 1.165) is 23.0 Å². The molecule has 0 aliphatic heterocycles. The van der Waals surface area contributed by atoms with Gasteiger partial charge in [-0.05, 0) is 42.2 Å². The Labute approximate surface area is 334 Å². The molecule has 8 rings (SSSR count). The molecule has 0 unspecified atom stereocenters. The van der Waals surface area contributed by atoms with E-state index < -0.39 is 87.7 Å². The van der Waals surface area contributed by atoms with Crippen LogP contribution in [0.1, 0.15) is 53.1 Å². The fourth-order valence-electron chi connectivity index (χ4n) is 7.92. The molecule has 1 fully saturated rings. The first-order valence-corrected chi connectivity index (χ1v) is 19.9. The van der Waals surface area contributed by atoms with Crippen LogP contribution in [0.3, 0.4) is 0 Å². The Morgan fingerprint density at radius 1 is 1.05 bits per heavy atom. The smallest absolute Gasteiger partial charge is 0.293 e. The lowest BCUT2D eigenvalue weighted by Gasteiger charge is -2.24. The Kier molecular flexibility index (Phi) is 9.60. The van der Waals surface area contributed by atoms with Gasteiger partial charge in [-0.2, -0.15) is 19.0 Å². The molecule has 3 heterocycles. The van der Waals surface area contributed by atoms with Crippen molar-refractivity contribution in [2.24, 2.45) is 13.0 Å². The number of sulfonamides is 1. The van der Waals surface area contributed by atoms with Crippen LogP contribution >= 0.6 is 11.6 Å². The van der Waals surface area contributed by atoms with Gasteiger partial charge in [-0.1, -0.05) is 11.6 Å². The van der Waals surface area contributed by atoms with Crippen molar-refractivity contribution in [2.45, 2.75) is 43.7 Å². The SMILES string of the molecule is COc1cc(OC)c2c(=O)n(-c3ccc(Cl)c4c(NS(C)(=O)=O)nn(C)c34)c([C@H](Cc3cc(F)cc(F)c3)NC(=O)Cn3nc(C(F)F)c4c3C(F)(F)[C@@H]3C[C@H]43)nc2c1. The first-order valence-electron chi connectivity index (χ1n) is 17.6. The van der Waals surface area contributed by atoms with Crippen molar-refractivity contribution in [2.75, 3.05) is 25.2 Å². The van der Waals surface area contributed by atoms with Crippen molar-refractivity contribution in [3.05, 3.63) is 97.8 Å². The number of hydrogen-bond donors (Lipinski definition) is 2. The fourth-order valence-corrected chi connectivity index (χ4v) is 8.66. The second-order valence-corrected chi connectivity index (χ2v) is 16.4. The van der Waals surface area contributed by atoms with Gasteiger partial charge in [0.25, 0.3) is 17.9 Å². The summed E-state index contributed by atoms with van der Waals surface area (Å²) in [7, 11) is 0.151. The molecule has 2 N–H and O–H groups in total. The fraction of sp³-hybridized carbons (Fsp3) is 0.324. The lowest BCUT2D eigenvalue weighted by Crippen LogP contribution is -2.38. The monoisotopic (exact) mass is 864 g/mol. The summed E-state index contributed by atoms with van der Waals surface area (Å²) in [5.41, 5.74) is -2.82. The van der Waals surface area contributed by atoms with Crippen LogP contribution < -0.4 is 25.1 Å². The number of aromatic nitrogens is 6. The first kappa shape index (κ1) is 40.0. The Hall–Kier alpha value is -5.83. The van der Waals surface area contributed by atoms with E-state index in [-0.39, 0.29) is 73.2 Å². The zero-order chi connectivity index (χ0) is 42.5. The summed E-state index contributed by atoms with van der Waals surface area (Å²) in [6, 6.07) is 6.52. The molecule has 0 saturated heterocycles. The number of carbonyl (C=O) groups is 1. The van der Waals surface area contributed by atoms with Gasteiger partial charge < -0.3 is 14.8 Å². The van der Waals surface area contributed by atoms with Crippen LogP contribution in [0, 0.1) is 17.6 Å². The Morgan fingerprint density at radius 2 is 1.76 bits per heavy atom. The molecule has 3 aromatic heterocycles. The van der Waals surface area contributed by atoms with Crippen molar-refractivity contribution >= 4 is 55.2 Å². The lowest BCUT2D eigenvalue weighted by molar-refractivity contribution is -0.123. The number of ether oxygens (including phenoxy) is 2. The predicted molar refractivity (Wildman–Crippen MR) is 201 cm³/mol. The number of amides is 1. The van der Waals surface area contributed by atoms with Gasteiger partial charge in [-0.25, -0.2) is 31.0 Å². The van der Waals surface area contributed by atoms with E-state index >= 15 is 8.78 Å². The largest absolute Gasteiger partial charge is 0.497 e. The van der Waals surface area contributed by atoms with Gasteiger partial charge >= 0.3 is 0 Å². The molecule has 3 aromatic carbocycles. The third kappa shape index (κ3) is 6.88. The normalized spacial score (nSPS) is 17.3. The number of halogens is 7. The number of aryl methyl sites for hydroxylation is 1. The van der Waals surface area contributed by atoms with E-state index in [1.54, 1.807) is 0 Å². The molecule has 0 bridgehead atoms. The summed E-state index contributed by atoms with van der Waals surface area (Å²) < 4.78 is 129. The summed E-state index contributed by atoms with van der Waals surface area (Å²) >= 11 is 6.60. The maximum absolute atomic E-state index is 15.5. The summed E-state index contributed by atoms with van der Waals surface area (Å²) in [4.78, 5) is 33.8. The molecule has 2 aliphatic carbocycles. The van der Waals surface area contributed by atoms with Crippen molar-refractivity contribution in [1.82, 2.24) is 34.4 Å². The van der Waals surface area contributed by atoms with Crippen molar-refractivity contribution in [1.29, 1.82) is 0 Å². The Balaban J connectivity index is 1.36. The maximum Gasteiger partial charge on any atom is 0.293 e. The molecule has 22 heteroatoms. The number of nitrogens with one attached hydrogen (secondary N) is 2. The van der Waals surface area contributed by atoms with E-state index in [9.17, 15) is 35.6 Å². The van der Waals surface area contributed by atoms with Gasteiger partial charge in [0.05, 0.1) is 53.6 Å². The minimum Gasteiger partial charge on any atom is -0.497 e. The second kappa shape index (κ2) is 14.2. The topological polar surface area (TPSA) is 164 Å². The summed E-state index contributed by atoms with van der Waals surface area (Å²) in [5.74, 6) is -8.96. The van der Waals surface area contributed by atoms with Gasteiger partial charge in [-0.15, -0.1) is 0 Å². The summed E-state index contributed by atoms with van der Waals surface area (Å²) in [6.45, 7) is -0.995.